The Morgan fingerprint density at radius 2 is 1.90 bits per heavy atom. The molecule has 1 saturated heterocycles. The van der Waals surface area contributed by atoms with Gasteiger partial charge in [-0.05, 0) is 23.8 Å². The van der Waals surface area contributed by atoms with E-state index in [-0.39, 0.29) is 12.5 Å². The lowest BCUT2D eigenvalue weighted by Gasteiger charge is -2.33. The zero-order valence-corrected chi connectivity index (χ0v) is 16.3. The van der Waals surface area contributed by atoms with Crippen LogP contribution in [-0.4, -0.2) is 67.4 Å². The summed E-state index contributed by atoms with van der Waals surface area (Å²) in [6.45, 7) is 2.97. The molecule has 1 amide bonds. The molecule has 7 heteroatoms. The molecule has 1 N–H and O–H groups in total. The van der Waals surface area contributed by atoms with E-state index in [0.29, 0.717) is 31.7 Å². The van der Waals surface area contributed by atoms with Crippen molar-refractivity contribution in [2.75, 3.05) is 26.2 Å². The number of hydrogen-bond acceptors (Lipinski definition) is 5. The van der Waals surface area contributed by atoms with Gasteiger partial charge in [-0.25, -0.2) is 0 Å². The van der Waals surface area contributed by atoms with Gasteiger partial charge in [0, 0.05) is 51.0 Å². The number of hydrogen-bond donors (Lipinski definition) is 1. The van der Waals surface area contributed by atoms with E-state index in [9.17, 15) is 9.90 Å². The van der Waals surface area contributed by atoms with Crippen molar-refractivity contribution in [3.05, 3.63) is 84.4 Å². The number of aliphatic hydroxyl groups is 1. The molecule has 0 bridgehead atoms. The van der Waals surface area contributed by atoms with Crippen LogP contribution >= 0.6 is 0 Å². The van der Waals surface area contributed by atoms with E-state index in [1.54, 1.807) is 40.3 Å². The van der Waals surface area contributed by atoms with Crippen LogP contribution in [0.15, 0.2) is 73.3 Å². The van der Waals surface area contributed by atoms with E-state index in [1.165, 1.54) is 5.56 Å². The van der Waals surface area contributed by atoms with Gasteiger partial charge in [-0.1, -0.05) is 30.3 Å². The third-order valence-electron chi connectivity index (χ3n) is 5.15. The van der Waals surface area contributed by atoms with Gasteiger partial charge >= 0.3 is 0 Å². The van der Waals surface area contributed by atoms with E-state index < -0.39 is 5.60 Å². The Kier molecular flexibility index (Phi) is 5.69. The molecular formula is C22H25N5O2. The van der Waals surface area contributed by atoms with Crippen LogP contribution in [0.4, 0.5) is 0 Å². The summed E-state index contributed by atoms with van der Waals surface area (Å²) in [5.74, 6) is -0.112. The van der Waals surface area contributed by atoms with Crippen molar-refractivity contribution in [3.63, 3.8) is 0 Å². The average Bonchev–Trinajstić information content (AvgIpc) is 3.18. The van der Waals surface area contributed by atoms with Crippen molar-refractivity contribution in [1.29, 1.82) is 0 Å². The normalized spacial score (nSPS) is 20.4. The summed E-state index contributed by atoms with van der Waals surface area (Å²) < 4.78 is 1.72. The number of aromatic nitrogens is 3. The number of benzene rings is 1. The maximum absolute atomic E-state index is 13.0. The predicted molar refractivity (Wildman–Crippen MR) is 109 cm³/mol. The summed E-state index contributed by atoms with van der Waals surface area (Å²) >= 11 is 0. The summed E-state index contributed by atoms with van der Waals surface area (Å²) in [4.78, 5) is 21.0. The molecule has 1 aliphatic rings. The summed E-state index contributed by atoms with van der Waals surface area (Å²) in [5, 5.41) is 15.8. The van der Waals surface area contributed by atoms with Gasteiger partial charge in [0.15, 0.2) is 0 Å². The fourth-order valence-corrected chi connectivity index (χ4v) is 3.86. The highest BCUT2D eigenvalue weighted by molar-refractivity contribution is 5.94. The summed E-state index contributed by atoms with van der Waals surface area (Å²) in [6, 6.07) is 15.5. The van der Waals surface area contributed by atoms with Gasteiger partial charge in [-0.2, -0.15) is 5.10 Å². The Morgan fingerprint density at radius 1 is 1.03 bits per heavy atom. The first-order valence-electron chi connectivity index (χ1n) is 9.77. The molecule has 150 valence electrons. The summed E-state index contributed by atoms with van der Waals surface area (Å²) in [5.41, 5.74) is 0.598. The lowest BCUT2D eigenvalue weighted by atomic mass is 10.0. The minimum atomic E-state index is -1.12. The maximum Gasteiger partial charge on any atom is 0.255 e. The Labute approximate surface area is 170 Å². The van der Waals surface area contributed by atoms with Crippen LogP contribution in [0.25, 0.3) is 0 Å². The SMILES string of the molecule is O=C(c1cccnc1)N1CCN(Cc2ccccc2)C[C@](O)(Cn2cccn2)C1. The summed E-state index contributed by atoms with van der Waals surface area (Å²) in [7, 11) is 0. The van der Waals surface area contributed by atoms with Crippen molar-refractivity contribution in [2.24, 2.45) is 0 Å². The molecule has 2 aromatic heterocycles. The number of β-amino-alcohol motifs (C(OH)–C–C–N with tert-alkyl or cyclic N) is 1. The third kappa shape index (κ3) is 4.88. The molecule has 4 rings (SSSR count). The van der Waals surface area contributed by atoms with Crippen molar-refractivity contribution in [2.45, 2.75) is 18.7 Å². The van der Waals surface area contributed by atoms with Crippen molar-refractivity contribution < 1.29 is 9.90 Å². The quantitative estimate of drug-likeness (QED) is 0.716. The molecule has 1 aliphatic heterocycles. The number of carbonyl (C=O) groups is 1. The Balaban J connectivity index is 1.57. The second-order valence-corrected chi connectivity index (χ2v) is 7.59. The van der Waals surface area contributed by atoms with Crippen molar-refractivity contribution in [1.82, 2.24) is 24.6 Å². The highest BCUT2D eigenvalue weighted by Gasteiger charge is 2.37. The van der Waals surface area contributed by atoms with Crippen LogP contribution in [-0.2, 0) is 13.1 Å². The zero-order valence-electron chi connectivity index (χ0n) is 16.3. The topological polar surface area (TPSA) is 74.5 Å². The van der Waals surface area contributed by atoms with Crippen LogP contribution in [0, 0.1) is 0 Å². The van der Waals surface area contributed by atoms with Gasteiger partial charge in [-0.3, -0.25) is 19.4 Å². The average molecular weight is 391 g/mol. The van der Waals surface area contributed by atoms with Crippen LogP contribution in [0.5, 0.6) is 0 Å². The maximum atomic E-state index is 13.0. The standard InChI is InChI=1S/C22H25N5O2/c28-21(20-8-4-9-23-14-20)26-13-12-25(15-19-6-2-1-3-7-19)16-22(29,17-26)18-27-11-5-10-24-27/h1-11,14,29H,12-13,15-18H2/t22-/m1/s1. The second-order valence-electron chi connectivity index (χ2n) is 7.59. The van der Waals surface area contributed by atoms with Crippen LogP contribution in [0.1, 0.15) is 15.9 Å². The highest BCUT2D eigenvalue weighted by atomic mass is 16.3. The first-order valence-corrected chi connectivity index (χ1v) is 9.77. The molecule has 1 aromatic carbocycles. The largest absolute Gasteiger partial charge is 0.385 e. The van der Waals surface area contributed by atoms with E-state index in [2.05, 4.69) is 27.1 Å². The van der Waals surface area contributed by atoms with Crippen molar-refractivity contribution >= 4 is 5.91 Å². The molecule has 29 heavy (non-hydrogen) atoms. The molecule has 1 atom stereocenters. The Bertz CT molecular complexity index is 917. The minimum absolute atomic E-state index is 0.112. The van der Waals surface area contributed by atoms with Gasteiger partial charge < -0.3 is 10.0 Å². The molecule has 7 nitrogen and oxygen atoms in total. The predicted octanol–water partition coefficient (Wildman–Crippen LogP) is 1.67. The van der Waals surface area contributed by atoms with Gasteiger partial charge in [0.25, 0.3) is 5.91 Å². The zero-order chi connectivity index (χ0) is 20.1. The molecule has 1 fully saturated rings. The molecule has 0 unspecified atom stereocenters. The first-order chi connectivity index (χ1) is 14.1. The molecule has 0 saturated carbocycles. The molecular weight excluding hydrogens is 366 g/mol. The fraction of sp³-hybridized carbons (Fsp3) is 0.318. The van der Waals surface area contributed by atoms with E-state index in [4.69, 9.17) is 0 Å². The Hall–Kier alpha value is -3.03. The van der Waals surface area contributed by atoms with Crippen LogP contribution < -0.4 is 0 Å². The fourth-order valence-electron chi connectivity index (χ4n) is 3.86. The van der Waals surface area contributed by atoms with E-state index in [0.717, 1.165) is 6.54 Å². The van der Waals surface area contributed by atoms with Gasteiger partial charge in [0.2, 0.25) is 0 Å². The third-order valence-corrected chi connectivity index (χ3v) is 5.15. The molecule has 3 aromatic rings. The molecule has 0 spiro atoms. The first kappa shape index (κ1) is 19.3. The summed E-state index contributed by atoms with van der Waals surface area (Å²) in [6.07, 6.45) is 6.74. The highest BCUT2D eigenvalue weighted by Crippen LogP contribution is 2.20. The lowest BCUT2D eigenvalue weighted by Crippen LogP contribution is -2.51. The molecule has 0 aliphatic carbocycles. The number of amides is 1. The monoisotopic (exact) mass is 391 g/mol. The molecule has 0 radical (unpaired) electrons. The Morgan fingerprint density at radius 3 is 2.62 bits per heavy atom. The number of carbonyl (C=O) groups excluding carboxylic acids is 1. The van der Waals surface area contributed by atoms with Crippen LogP contribution in [0.3, 0.4) is 0 Å². The second kappa shape index (κ2) is 8.55. The lowest BCUT2D eigenvalue weighted by molar-refractivity contribution is -0.0184. The van der Waals surface area contributed by atoms with E-state index >= 15 is 0 Å². The van der Waals surface area contributed by atoms with Gasteiger partial charge in [0.1, 0.15) is 5.60 Å². The minimum Gasteiger partial charge on any atom is -0.385 e. The number of pyridine rings is 1. The molecule has 3 heterocycles. The van der Waals surface area contributed by atoms with Gasteiger partial charge in [0.05, 0.1) is 18.7 Å². The van der Waals surface area contributed by atoms with Crippen molar-refractivity contribution in [3.8, 4) is 0 Å². The van der Waals surface area contributed by atoms with Gasteiger partial charge in [-0.15, -0.1) is 0 Å². The van der Waals surface area contributed by atoms with Crippen LogP contribution in [0.2, 0.25) is 0 Å². The smallest absolute Gasteiger partial charge is 0.255 e. The number of nitrogens with zero attached hydrogens (tertiary/aromatic N) is 5. The number of rotatable bonds is 5. The van der Waals surface area contributed by atoms with E-state index in [1.807, 2.05) is 30.5 Å².